The summed E-state index contributed by atoms with van der Waals surface area (Å²) in [5, 5.41) is 17.7. The third-order valence-electron chi connectivity index (χ3n) is 4.90. The number of anilines is 1. The molecule has 0 radical (unpaired) electrons. The number of rotatable bonds is 2. The lowest BCUT2D eigenvalue weighted by Crippen LogP contribution is -2.28. The van der Waals surface area contributed by atoms with E-state index in [0.29, 0.717) is 11.8 Å². The molecule has 2 aliphatic rings. The molecule has 0 bridgehead atoms. The summed E-state index contributed by atoms with van der Waals surface area (Å²) in [6.45, 7) is 1.04. The Morgan fingerprint density at radius 1 is 1.10 bits per heavy atom. The number of phenols is 1. The fraction of sp³-hybridized carbons (Fsp3) is 0.471. The van der Waals surface area contributed by atoms with Gasteiger partial charge in [-0.3, -0.25) is 0 Å². The number of aromatic hydroxyl groups is 1. The molecule has 21 heavy (non-hydrogen) atoms. The lowest BCUT2D eigenvalue weighted by Gasteiger charge is -2.30. The number of nitrogens with zero attached hydrogens (tertiary/aromatic N) is 2. The fourth-order valence-corrected chi connectivity index (χ4v) is 3.80. The Kier molecular flexibility index (Phi) is 3.09. The van der Waals surface area contributed by atoms with Gasteiger partial charge in [0.2, 0.25) is 0 Å². The number of hydrogen-bond donors (Lipinski definition) is 2. The number of aromatic nitrogens is 2. The maximum Gasteiger partial charge on any atom is 0.125 e. The van der Waals surface area contributed by atoms with Crippen LogP contribution in [0.15, 0.2) is 30.3 Å². The highest BCUT2D eigenvalue weighted by atomic mass is 16.3. The van der Waals surface area contributed by atoms with Gasteiger partial charge in [-0.25, -0.2) is 4.68 Å². The van der Waals surface area contributed by atoms with Crippen LogP contribution in [0.2, 0.25) is 0 Å². The Morgan fingerprint density at radius 3 is 2.62 bits per heavy atom. The molecule has 4 nitrogen and oxygen atoms in total. The van der Waals surface area contributed by atoms with Crippen molar-refractivity contribution in [1.29, 1.82) is 0 Å². The summed E-state index contributed by atoms with van der Waals surface area (Å²) in [5.41, 5.74) is 2.05. The number of phenolic OH excluding ortho intramolecular Hbond substituents is 1. The Balaban J connectivity index is 1.68. The molecule has 1 aromatic carbocycles. The predicted molar refractivity (Wildman–Crippen MR) is 83.4 cm³/mol. The Bertz CT molecular complexity index is 626. The average Bonchev–Trinajstić information content (AvgIpc) is 3.17. The van der Waals surface area contributed by atoms with Gasteiger partial charge >= 0.3 is 0 Å². The van der Waals surface area contributed by atoms with Gasteiger partial charge < -0.3 is 10.4 Å². The third kappa shape index (κ3) is 2.28. The van der Waals surface area contributed by atoms with Gasteiger partial charge in [0.1, 0.15) is 11.6 Å². The first kappa shape index (κ1) is 12.7. The van der Waals surface area contributed by atoms with Crippen LogP contribution in [0.1, 0.15) is 38.1 Å². The van der Waals surface area contributed by atoms with Crippen LogP contribution in [-0.4, -0.2) is 21.4 Å². The van der Waals surface area contributed by atoms with Crippen LogP contribution in [0.25, 0.3) is 11.3 Å². The zero-order valence-corrected chi connectivity index (χ0v) is 12.1. The van der Waals surface area contributed by atoms with E-state index >= 15 is 0 Å². The van der Waals surface area contributed by atoms with Crippen molar-refractivity contribution < 1.29 is 5.11 Å². The van der Waals surface area contributed by atoms with Gasteiger partial charge in [-0.05, 0) is 49.4 Å². The van der Waals surface area contributed by atoms with Gasteiger partial charge in [0.25, 0.3) is 0 Å². The Labute approximate surface area is 124 Å². The van der Waals surface area contributed by atoms with Crippen molar-refractivity contribution in [3.63, 3.8) is 0 Å². The van der Waals surface area contributed by atoms with Crippen LogP contribution >= 0.6 is 0 Å². The molecule has 1 aromatic heterocycles. The zero-order valence-electron chi connectivity index (χ0n) is 12.1. The molecule has 0 spiro atoms. The molecule has 110 valence electrons. The molecule has 2 N–H and O–H groups in total. The van der Waals surface area contributed by atoms with Gasteiger partial charge in [-0.15, -0.1) is 0 Å². The molecule has 0 saturated heterocycles. The van der Waals surface area contributed by atoms with E-state index in [4.69, 9.17) is 5.10 Å². The highest BCUT2D eigenvalue weighted by molar-refractivity contribution is 5.64. The fourth-order valence-electron chi connectivity index (χ4n) is 3.80. The van der Waals surface area contributed by atoms with E-state index in [0.717, 1.165) is 29.5 Å². The largest absolute Gasteiger partial charge is 0.508 e. The molecule has 1 unspecified atom stereocenters. The van der Waals surface area contributed by atoms with E-state index in [1.165, 1.54) is 32.1 Å². The van der Waals surface area contributed by atoms with Crippen molar-refractivity contribution in [2.24, 2.45) is 5.92 Å². The van der Waals surface area contributed by atoms with Gasteiger partial charge in [0.15, 0.2) is 0 Å². The Hall–Kier alpha value is -1.97. The lowest BCUT2D eigenvalue weighted by atomic mass is 9.94. The van der Waals surface area contributed by atoms with E-state index < -0.39 is 0 Å². The molecule has 2 heterocycles. The van der Waals surface area contributed by atoms with E-state index in [1.54, 1.807) is 12.1 Å². The third-order valence-corrected chi connectivity index (χ3v) is 4.90. The van der Waals surface area contributed by atoms with E-state index in [2.05, 4.69) is 16.1 Å². The van der Waals surface area contributed by atoms with Crippen LogP contribution < -0.4 is 5.32 Å². The summed E-state index contributed by atoms with van der Waals surface area (Å²) in [6, 6.07) is 9.97. The molecule has 1 fully saturated rings. The van der Waals surface area contributed by atoms with Crippen LogP contribution in [-0.2, 0) is 0 Å². The predicted octanol–water partition coefficient (Wildman–Crippen LogP) is 3.80. The summed E-state index contributed by atoms with van der Waals surface area (Å²) >= 11 is 0. The van der Waals surface area contributed by atoms with E-state index in [1.807, 2.05) is 12.1 Å². The summed E-state index contributed by atoms with van der Waals surface area (Å²) in [5.74, 6) is 2.23. The van der Waals surface area contributed by atoms with Gasteiger partial charge in [0.05, 0.1) is 11.7 Å². The van der Waals surface area contributed by atoms with Crippen molar-refractivity contribution in [1.82, 2.24) is 9.78 Å². The number of nitrogens with one attached hydrogen (secondary N) is 1. The lowest BCUT2D eigenvalue weighted by molar-refractivity contribution is 0.290. The second-order valence-corrected chi connectivity index (χ2v) is 6.23. The van der Waals surface area contributed by atoms with Crippen molar-refractivity contribution in [2.75, 3.05) is 11.9 Å². The minimum atomic E-state index is 0.296. The van der Waals surface area contributed by atoms with Crippen molar-refractivity contribution in [3.8, 4) is 17.0 Å². The minimum absolute atomic E-state index is 0.296. The molecule has 0 amide bonds. The highest BCUT2D eigenvalue weighted by Crippen LogP contribution is 2.40. The maximum absolute atomic E-state index is 9.41. The molecular weight excluding hydrogens is 262 g/mol. The smallest absolute Gasteiger partial charge is 0.125 e. The summed E-state index contributed by atoms with van der Waals surface area (Å²) < 4.78 is 2.21. The summed E-state index contributed by atoms with van der Waals surface area (Å²) in [7, 11) is 0. The SMILES string of the molecule is Oc1ccc(-c2cc3n(n2)C(C2CCCC2)CCN3)cc1. The first-order valence-corrected chi connectivity index (χ1v) is 7.94. The quantitative estimate of drug-likeness (QED) is 0.881. The van der Waals surface area contributed by atoms with Gasteiger partial charge in [-0.2, -0.15) is 5.10 Å². The maximum atomic E-state index is 9.41. The van der Waals surface area contributed by atoms with Crippen molar-refractivity contribution in [2.45, 2.75) is 38.1 Å². The second kappa shape index (κ2) is 5.10. The van der Waals surface area contributed by atoms with Gasteiger partial charge in [0, 0.05) is 18.2 Å². The van der Waals surface area contributed by atoms with Crippen LogP contribution in [0.3, 0.4) is 0 Å². The zero-order chi connectivity index (χ0) is 14.2. The van der Waals surface area contributed by atoms with Gasteiger partial charge in [-0.1, -0.05) is 12.8 Å². The average molecular weight is 283 g/mol. The first-order chi connectivity index (χ1) is 10.3. The van der Waals surface area contributed by atoms with Crippen molar-refractivity contribution in [3.05, 3.63) is 30.3 Å². The summed E-state index contributed by atoms with van der Waals surface area (Å²) in [6.07, 6.45) is 6.61. The van der Waals surface area contributed by atoms with Crippen LogP contribution in [0, 0.1) is 5.92 Å². The molecule has 4 heteroatoms. The number of fused-ring (bicyclic) bond motifs is 1. The minimum Gasteiger partial charge on any atom is -0.508 e. The standard InChI is InChI=1S/C17H21N3O/c21-14-7-5-12(6-8-14)15-11-17-18-10-9-16(20(17)19-15)13-3-1-2-4-13/h5-8,11,13,16,18,21H,1-4,9-10H2. The molecule has 1 aliphatic heterocycles. The molecule has 1 atom stereocenters. The topological polar surface area (TPSA) is 50.1 Å². The Morgan fingerprint density at radius 2 is 1.86 bits per heavy atom. The molecule has 2 aromatic rings. The normalized spacial score (nSPS) is 22.0. The van der Waals surface area contributed by atoms with Crippen molar-refractivity contribution >= 4 is 5.82 Å². The molecule has 1 aliphatic carbocycles. The molecular formula is C17H21N3O. The molecule has 4 rings (SSSR count). The number of benzene rings is 1. The second-order valence-electron chi connectivity index (χ2n) is 6.23. The molecule has 1 saturated carbocycles. The van der Waals surface area contributed by atoms with Crippen LogP contribution in [0.5, 0.6) is 5.75 Å². The monoisotopic (exact) mass is 283 g/mol. The van der Waals surface area contributed by atoms with E-state index in [9.17, 15) is 5.11 Å². The number of hydrogen-bond acceptors (Lipinski definition) is 3. The first-order valence-electron chi connectivity index (χ1n) is 7.94. The highest BCUT2D eigenvalue weighted by Gasteiger charge is 2.31. The van der Waals surface area contributed by atoms with E-state index in [-0.39, 0.29) is 0 Å². The van der Waals surface area contributed by atoms with Crippen LogP contribution in [0.4, 0.5) is 5.82 Å². The summed E-state index contributed by atoms with van der Waals surface area (Å²) in [4.78, 5) is 0.